The van der Waals surface area contributed by atoms with Crippen LogP contribution in [0.1, 0.15) is 59.1 Å². The summed E-state index contributed by atoms with van der Waals surface area (Å²) in [6.07, 6.45) is 5.82. The highest BCUT2D eigenvalue weighted by atomic mass is 32.1. The molecule has 0 bridgehead atoms. The zero-order valence-corrected chi connectivity index (χ0v) is 14.7. The number of benzene rings is 1. The second-order valence-electron chi connectivity index (χ2n) is 6.12. The van der Waals surface area contributed by atoms with Crippen molar-refractivity contribution in [1.29, 1.82) is 0 Å². The molecule has 1 aromatic heterocycles. The predicted octanol–water partition coefficient (Wildman–Crippen LogP) is 4.19. The van der Waals surface area contributed by atoms with E-state index in [1.165, 1.54) is 23.3 Å². The van der Waals surface area contributed by atoms with Crippen molar-refractivity contribution in [3.8, 4) is 0 Å². The van der Waals surface area contributed by atoms with E-state index in [1.807, 2.05) is 24.3 Å². The molecule has 126 valence electrons. The number of ketones is 1. The summed E-state index contributed by atoms with van der Waals surface area (Å²) < 4.78 is 0. The lowest BCUT2D eigenvalue weighted by atomic mass is 10.0. The van der Waals surface area contributed by atoms with Crippen LogP contribution in [0.4, 0.5) is 5.13 Å². The molecule has 1 aliphatic carbocycles. The molecular formula is C19H22N2O2S. The number of hydrogen-bond acceptors (Lipinski definition) is 4. The van der Waals surface area contributed by atoms with Crippen LogP contribution >= 0.6 is 11.3 Å². The van der Waals surface area contributed by atoms with E-state index in [2.05, 4.69) is 17.2 Å². The van der Waals surface area contributed by atoms with E-state index in [-0.39, 0.29) is 24.5 Å². The van der Waals surface area contributed by atoms with Gasteiger partial charge in [-0.2, -0.15) is 0 Å². The summed E-state index contributed by atoms with van der Waals surface area (Å²) in [6, 6.07) is 7.61. The Balaban J connectivity index is 1.51. The summed E-state index contributed by atoms with van der Waals surface area (Å²) in [6.45, 7) is 2.08. The summed E-state index contributed by atoms with van der Waals surface area (Å²) in [5, 5.41) is 3.51. The third-order valence-electron chi connectivity index (χ3n) is 4.36. The van der Waals surface area contributed by atoms with Crippen molar-refractivity contribution in [2.45, 2.75) is 51.9 Å². The number of aryl methyl sites for hydroxylation is 3. The number of rotatable bonds is 6. The average molecular weight is 342 g/mol. The van der Waals surface area contributed by atoms with E-state index in [4.69, 9.17) is 0 Å². The van der Waals surface area contributed by atoms with Crippen molar-refractivity contribution in [2.75, 3.05) is 5.32 Å². The fraction of sp³-hybridized carbons (Fsp3) is 0.421. The number of carbonyl (C=O) groups is 2. The monoisotopic (exact) mass is 342 g/mol. The van der Waals surface area contributed by atoms with Gasteiger partial charge in [0, 0.05) is 23.3 Å². The molecule has 1 aliphatic rings. The number of thiazole rings is 1. The number of nitrogens with zero attached hydrogens (tertiary/aromatic N) is 1. The van der Waals surface area contributed by atoms with E-state index in [1.54, 1.807) is 11.3 Å². The molecule has 0 unspecified atom stereocenters. The van der Waals surface area contributed by atoms with Crippen LogP contribution in [-0.2, 0) is 24.1 Å². The minimum atomic E-state index is -0.139. The molecule has 1 heterocycles. The highest BCUT2D eigenvalue weighted by Gasteiger charge is 2.17. The first kappa shape index (κ1) is 16.8. The molecule has 1 N–H and O–H groups in total. The van der Waals surface area contributed by atoms with Crippen LogP contribution in [-0.4, -0.2) is 16.7 Å². The second-order valence-corrected chi connectivity index (χ2v) is 7.20. The highest BCUT2D eigenvalue weighted by molar-refractivity contribution is 7.15. The van der Waals surface area contributed by atoms with Gasteiger partial charge in [0.25, 0.3) is 0 Å². The third-order valence-corrected chi connectivity index (χ3v) is 5.43. The summed E-state index contributed by atoms with van der Waals surface area (Å²) in [5.41, 5.74) is 3.01. The molecular weight excluding hydrogens is 320 g/mol. The molecule has 0 spiro atoms. The molecule has 24 heavy (non-hydrogen) atoms. The fourth-order valence-electron chi connectivity index (χ4n) is 2.88. The van der Waals surface area contributed by atoms with Gasteiger partial charge in [-0.1, -0.05) is 31.2 Å². The van der Waals surface area contributed by atoms with Crippen LogP contribution in [0.5, 0.6) is 0 Å². The van der Waals surface area contributed by atoms with Gasteiger partial charge in [-0.05, 0) is 37.7 Å². The molecule has 1 aromatic carbocycles. The number of hydrogen-bond donors (Lipinski definition) is 1. The van der Waals surface area contributed by atoms with Crippen molar-refractivity contribution in [3.05, 3.63) is 46.0 Å². The number of aromatic nitrogens is 1. The molecule has 0 saturated heterocycles. The van der Waals surface area contributed by atoms with Crippen LogP contribution < -0.4 is 5.32 Å². The van der Waals surface area contributed by atoms with Crippen LogP contribution in [0.25, 0.3) is 0 Å². The fourth-order valence-corrected chi connectivity index (χ4v) is 3.95. The van der Waals surface area contributed by atoms with Gasteiger partial charge in [0.05, 0.1) is 5.69 Å². The summed E-state index contributed by atoms with van der Waals surface area (Å²) in [4.78, 5) is 30.0. The largest absolute Gasteiger partial charge is 0.302 e. The maximum Gasteiger partial charge on any atom is 0.226 e. The van der Waals surface area contributed by atoms with E-state index < -0.39 is 0 Å². The SMILES string of the molecule is CCc1ccc(C(=O)CCC(=O)Nc2nc3c(s2)CCCC3)cc1. The minimum absolute atomic E-state index is 0.00577. The number of nitrogens with one attached hydrogen (secondary N) is 1. The van der Waals surface area contributed by atoms with Gasteiger partial charge in [0.1, 0.15) is 0 Å². The first-order valence-electron chi connectivity index (χ1n) is 8.56. The lowest BCUT2D eigenvalue weighted by Crippen LogP contribution is -2.13. The lowest BCUT2D eigenvalue weighted by Gasteiger charge is -2.06. The predicted molar refractivity (Wildman–Crippen MR) is 96.8 cm³/mol. The lowest BCUT2D eigenvalue weighted by molar-refractivity contribution is -0.116. The van der Waals surface area contributed by atoms with Gasteiger partial charge < -0.3 is 5.32 Å². The van der Waals surface area contributed by atoms with Crippen molar-refractivity contribution in [1.82, 2.24) is 4.98 Å². The quantitative estimate of drug-likeness (QED) is 0.801. The van der Waals surface area contributed by atoms with Crippen LogP contribution in [0.15, 0.2) is 24.3 Å². The zero-order valence-electron chi connectivity index (χ0n) is 13.9. The number of carbonyl (C=O) groups excluding carboxylic acids is 2. The van der Waals surface area contributed by atoms with Gasteiger partial charge in [-0.3, -0.25) is 9.59 Å². The summed E-state index contributed by atoms with van der Waals surface area (Å²) >= 11 is 1.57. The van der Waals surface area contributed by atoms with E-state index >= 15 is 0 Å². The zero-order chi connectivity index (χ0) is 16.9. The van der Waals surface area contributed by atoms with Gasteiger partial charge in [0.2, 0.25) is 5.91 Å². The van der Waals surface area contributed by atoms with Crippen LogP contribution in [0.3, 0.4) is 0 Å². The van der Waals surface area contributed by atoms with Crippen molar-refractivity contribution < 1.29 is 9.59 Å². The van der Waals surface area contributed by atoms with Gasteiger partial charge in [-0.25, -0.2) is 4.98 Å². The second kappa shape index (κ2) is 7.71. The maximum absolute atomic E-state index is 12.2. The first-order valence-corrected chi connectivity index (χ1v) is 9.38. The van der Waals surface area contributed by atoms with Gasteiger partial charge in [-0.15, -0.1) is 11.3 Å². The standard InChI is InChI=1S/C19H22N2O2S/c1-2-13-7-9-14(10-8-13)16(22)11-12-18(23)21-19-20-15-5-3-4-6-17(15)24-19/h7-10H,2-6,11-12H2,1H3,(H,20,21,23). The minimum Gasteiger partial charge on any atom is -0.302 e. The molecule has 0 atom stereocenters. The van der Waals surface area contributed by atoms with Crippen LogP contribution in [0.2, 0.25) is 0 Å². The van der Waals surface area contributed by atoms with E-state index in [0.717, 1.165) is 25.0 Å². The number of anilines is 1. The van der Waals surface area contributed by atoms with E-state index in [9.17, 15) is 9.59 Å². The Morgan fingerprint density at radius 2 is 1.88 bits per heavy atom. The van der Waals surface area contributed by atoms with E-state index in [0.29, 0.717) is 10.7 Å². The smallest absolute Gasteiger partial charge is 0.226 e. The Labute approximate surface area is 146 Å². The number of Topliss-reactive ketones (excluding diaryl/α,β-unsaturated/α-hetero) is 1. The normalized spacial score (nSPS) is 13.4. The number of fused-ring (bicyclic) bond motifs is 1. The Morgan fingerprint density at radius 1 is 1.12 bits per heavy atom. The van der Waals surface area contributed by atoms with Crippen molar-refractivity contribution >= 4 is 28.2 Å². The molecule has 0 fully saturated rings. The Hall–Kier alpha value is -2.01. The average Bonchev–Trinajstić information content (AvgIpc) is 3.02. The molecule has 3 rings (SSSR count). The van der Waals surface area contributed by atoms with Gasteiger partial charge >= 0.3 is 0 Å². The maximum atomic E-state index is 12.2. The molecule has 4 nitrogen and oxygen atoms in total. The molecule has 0 radical (unpaired) electrons. The van der Waals surface area contributed by atoms with Crippen molar-refractivity contribution in [2.24, 2.45) is 0 Å². The Morgan fingerprint density at radius 3 is 2.58 bits per heavy atom. The Kier molecular flexibility index (Phi) is 5.41. The molecule has 2 aromatic rings. The summed E-state index contributed by atoms with van der Waals surface area (Å²) in [5.74, 6) is -0.133. The number of amides is 1. The molecule has 5 heteroatoms. The summed E-state index contributed by atoms with van der Waals surface area (Å²) in [7, 11) is 0. The molecule has 0 aliphatic heterocycles. The van der Waals surface area contributed by atoms with Gasteiger partial charge in [0.15, 0.2) is 10.9 Å². The van der Waals surface area contributed by atoms with Crippen molar-refractivity contribution in [3.63, 3.8) is 0 Å². The first-order chi connectivity index (χ1) is 11.7. The third kappa shape index (κ3) is 4.09. The van der Waals surface area contributed by atoms with Crippen LogP contribution in [0, 0.1) is 0 Å². The molecule has 1 amide bonds. The topological polar surface area (TPSA) is 59.1 Å². The molecule has 0 saturated carbocycles. The highest BCUT2D eigenvalue weighted by Crippen LogP contribution is 2.29. The Bertz CT molecular complexity index is 711.